The topological polar surface area (TPSA) is 147 Å². The van der Waals surface area contributed by atoms with E-state index in [-0.39, 0.29) is 34.7 Å². The Balaban J connectivity index is 1.22. The molecule has 11 nitrogen and oxygen atoms in total. The molecule has 2 unspecified atom stereocenters. The Labute approximate surface area is 211 Å². The summed E-state index contributed by atoms with van der Waals surface area (Å²) in [6.07, 6.45) is 2.57. The summed E-state index contributed by atoms with van der Waals surface area (Å²) in [6.45, 7) is 1.48. The van der Waals surface area contributed by atoms with Crippen LogP contribution in [0.4, 0.5) is 0 Å². The van der Waals surface area contributed by atoms with Gasteiger partial charge < -0.3 is 19.9 Å². The van der Waals surface area contributed by atoms with E-state index in [0.717, 1.165) is 6.42 Å². The fraction of sp³-hybridized carbons (Fsp3) is 0.522. The fourth-order valence-corrected chi connectivity index (χ4v) is 6.63. The average molecular weight is 541 g/mol. The van der Waals surface area contributed by atoms with E-state index in [4.69, 9.17) is 9.47 Å². The van der Waals surface area contributed by atoms with Crippen molar-refractivity contribution >= 4 is 20.0 Å². The number of nitrogens with one attached hydrogen (secondary N) is 2. The van der Waals surface area contributed by atoms with Crippen molar-refractivity contribution in [2.24, 2.45) is 0 Å². The molecule has 0 aliphatic carbocycles. The zero-order valence-electron chi connectivity index (χ0n) is 20.0. The van der Waals surface area contributed by atoms with E-state index in [9.17, 15) is 21.9 Å². The molecule has 1 aromatic carbocycles. The summed E-state index contributed by atoms with van der Waals surface area (Å²) in [5.41, 5.74) is -0.380. The summed E-state index contributed by atoms with van der Waals surface area (Å²) in [7, 11) is -5.86. The van der Waals surface area contributed by atoms with Crippen LogP contribution in [0.2, 0.25) is 0 Å². The largest absolute Gasteiger partial charge is 0.491 e. The van der Waals surface area contributed by atoms with Gasteiger partial charge in [0.25, 0.3) is 10.0 Å². The van der Waals surface area contributed by atoms with E-state index in [1.165, 1.54) is 35.7 Å². The third-order valence-electron chi connectivity index (χ3n) is 6.55. The molecule has 0 amide bonds. The normalized spacial score (nSPS) is 21.4. The molecular weight excluding hydrogens is 508 g/mol. The molecule has 0 saturated carbocycles. The lowest BCUT2D eigenvalue weighted by Crippen LogP contribution is -2.47. The predicted octanol–water partition coefficient (Wildman–Crippen LogP) is 0.331. The molecule has 198 valence electrons. The summed E-state index contributed by atoms with van der Waals surface area (Å²) in [5, 5.41) is 13.7. The number of aliphatic hydroxyl groups excluding tert-OH is 1. The minimum Gasteiger partial charge on any atom is -0.491 e. The fourth-order valence-electron chi connectivity index (χ4n) is 4.49. The summed E-state index contributed by atoms with van der Waals surface area (Å²) < 4.78 is 64.9. The highest BCUT2D eigenvalue weighted by Crippen LogP contribution is 2.37. The van der Waals surface area contributed by atoms with Crippen LogP contribution in [0.3, 0.4) is 0 Å². The van der Waals surface area contributed by atoms with Crippen molar-refractivity contribution in [2.45, 2.75) is 46.9 Å². The van der Waals surface area contributed by atoms with Crippen LogP contribution in [0.15, 0.2) is 58.6 Å². The first-order chi connectivity index (χ1) is 17.1. The minimum absolute atomic E-state index is 0.00485. The van der Waals surface area contributed by atoms with Crippen LogP contribution in [0.25, 0.3) is 0 Å². The van der Waals surface area contributed by atoms with E-state index in [0.29, 0.717) is 38.3 Å². The number of piperidine rings is 1. The van der Waals surface area contributed by atoms with E-state index >= 15 is 0 Å². The Bertz CT molecular complexity index is 1230. The highest BCUT2D eigenvalue weighted by atomic mass is 32.2. The first kappa shape index (κ1) is 26.9. The molecule has 2 atom stereocenters. The van der Waals surface area contributed by atoms with Crippen LogP contribution >= 0.6 is 0 Å². The van der Waals surface area contributed by atoms with Gasteiger partial charge in [-0.05, 0) is 50.6 Å². The lowest BCUT2D eigenvalue weighted by atomic mass is 9.88. The molecular formula is C23H32N4O7S2. The minimum atomic E-state index is -3.62. The third kappa shape index (κ3) is 6.22. The average Bonchev–Trinajstić information content (AvgIpc) is 3.29. The number of rotatable bonds is 10. The van der Waals surface area contributed by atoms with Crippen molar-refractivity contribution in [3.8, 4) is 5.75 Å². The van der Waals surface area contributed by atoms with Gasteiger partial charge in [-0.2, -0.15) is 4.31 Å². The molecule has 3 heterocycles. The van der Waals surface area contributed by atoms with Gasteiger partial charge in [-0.25, -0.2) is 26.5 Å². The van der Waals surface area contributed by atoms with Gasteiger partial charge in [-0.15, -0.1) is 0 Å². The maximum absolute atomic E-state index is 12.8. The number of hydrogen-bond donors (Lipinski definition) is 3. The first-order valence-corrected chi connectivity index (χ1v) is 14.7. The second-order valence-electron chi connectivity index (χ2n) is 9.02. The molecule has 2 aromatic rings. The zero-order valence-corrected chi connectivity index (χ0v) is 21.7. The predicted molar refractivity (Wildman–Crippen MR) is 132 cm³/mol. The van der Waals surface area contributed by atoms with Crippen molar-refractivity contribution < 1.29 is 31.4 Å². The van der Waals surface area contributed by atoms with Crippen LogP contribution in [0.5, 0.6) is 5.75 Å². The van der Waals surface area contributed by atoms with Crippen LogP contribution in [-0.4, -0.2) is 88.9 Å². The van der Waals surface area contributed by atoms with Gasteiger partial charge in [0.05, 0.1) is 17.1 Å². The summed E-state index contributed by atoms with van der Waals surface area (Å²) in [6, 6.07) is 10.9. The van der Waals surface area contributed by atoms with E-state index in [1.807, 2.05) is 0 Å². The molecule has 3 N–H and O–H groups in total. The second-order valence-corrected chi connectivity index (χ2v) is 12.8. The molecule has 2 aliphatic heterocycles. The van der Waals surface area contributed by atoms with Crippen molar-refractivity contribution in [3.63, 3.8) is 0 Å². The van der Waals surface area contributed by atoms with E-state index in [1.54, 1.807) is 24.3 Å². The molecule has 0 bridgehead atoms. The Kier molecular flexibility index (Phi) is 8.29. The highest BCUT2D eigenvalue weighted by molar-refractivity contribution is 7.89. The second kappa shape index (κ2) is 11.1. The van der Waals surface area contributed by atoms with Crippen molar-refractivity contribution in [3.05, 3.63) is 48.7 Å². The van der Waals surface area contributed by atoms with Gasteiger partial charge in [0.15, 0.2) is 5.03 Å². The number of sulfonamides is 2. The van der Waals surface area contributed by atoms with Gasteiger partial charge in [0, 0.05) is 37.9 Å². The Morgan fingerprint density at radius 2 is 1.97 bits per heavy atom. The number of aliphatic hydroxyl groups is 1. The molecule has 1 aromatic heterocycles. The van der Waals surface area contributed by atoms with Crippen molar-refractivity contribution in [1.29, 1.82) is 0 Å². The van der Waals surface area contributed by atoms with Crippen LogP contribution in [0, 0.1) is 0 Å². The van der Waals surface area contributed by atoms with Gasteiger partial charge >= 0.3 is 0 Å². The van der Waals surface area contributed by atoms with Gasteiger partial charge in [0.1, 0.15) is 18.5 Å². The molecule has 13 heteroatoms. The number of benzene rings is 1. The van der Waals surface area contributed by atoms with Crippen LogP contribution in [0.1, 0.15) is 19.3 Å². The van der Waals surface area contributed by atoms with Crippen LogP contribution < -0.4 is 14.8 Å². The molecule has 4 rings (SSSR count). The van der Waals surface area contributed by atoms with Crippen LogP contribution in [-0.2, 0) is 24.8 Å². The summed E-state index contributed by atoms with van der Waals surface area (Å²) >= 11 is 0. The molecule has 2 fully saturated rings. The monoisotopic (exact) mass is 540 g/mol. The van der Waals surface area contributed by atoms with Crippen molar-refractivity contribution in [1.82, 2.24) is 19.3 Å². The first-order valence-electron chi connectivity index (χ1n) is 11.8. The zero-order chi connectivity index (χ0) is 25.8. The number of pyridine rings is 1. The lowest BCUT2D eigenvalue weighted by molar-refractivity contribution is -0.0312. The highest BCUT2D eigenvalue weighted by Gasteiger charge is 2.44. The number of aromatic nitrogens is 1. The number of nitrogens with zero attached hydrogens (tertiary/aromatic N) is 2. The maximum atomic E-state index is 12.8. The van der Waals surface area contributed by atoms with Crippen molar-refractivity contribution in [2.75, 3.05) is 39.9 Å². The maximum Gasteiger partial charge on any atom is 0.260 e. The SMILES string of the molecule is CNS(=O)(=O)c1cccc(OCC(O)CNC2COC3(CCN(S(=O)(=O)c4ccccn4)CC3)C2)c1. The lowest BCUT2D eigenvalue weighted by Gasteiger charge is -2.37. The standard InChI is InChI=1S/C23H32N4O7S2/c1-24-35(29,30)21-6-4-5-20(13-21)33-17-19(28)15-26-18-14-23(34-16-18)8-11-27(12-9-23)36(31,32)22-7-2-3-10-25-22/h2-7,10,13,18-19,24,26,28H,8-9,11-12,14-17H2,1H3. The quantitative estimate of drug-likeness (QED) is 0.388. The Morgan fingerprint density at radius 1 is 1.19 bits per heavy atom. The molecule has 2 aliphatic rings. The smallest absolute Gasteiger partial charge is 0.260 e. The van der Waals surface area contributed by atoms with E-state index in [2.05, 4.69) is 15.0 Å². The third-order valence-corrected chi connectivity index (χ3v) is 9.78. The van der Waals surface area contributed by atoms with E-state index < -0.39 is 26.2 Å². The molecule has 36 heavy (non-hydrogen) atoms. The molecule has 2 saturated heterocycles. The van der Waals surface area contributed by atoms with Gasteiger partial charge in [0.2, 0.25) is 10.0 Å². The van der Waals surface area contributed by atoms with Gasteiger partial charge in [-0.3, -0.25) is 0 Å². The summed E-state index contributed by atoms with van der Waals surface area (Å²) in [4.78, 5) is 4.07. The Hall–Kier alpha value is -2.13. The molecule has 1 spiro atoms. The Morgan fingerprint density at radius 3 is 2.67 bits per heavy atom. The number of ether oxygens (including phenoxy) is 2. The number of hydrogen-bond acceptors (Lipinski definition) is 9. The summed E-state index contributed by atoms with van der Waals surface area (Å²) in [5.74, 6) is 0.348. The molecule has 0 radical (unpaired) electrons. The van der Waals surface area contributed by atoms with Gasteiger partial charge in [-0.1, -0.05) is 12.1 Å².